The first-order chi connectivity index (χ1) is 7.79. The number of pyridine rings is 1. The summed E-state index contributed by atoms with van der Waals surface area (Å²) in [7, 11) is 1.69. The standard InChI is InChI=1S/C12H14N2OS/c1-9-4-3-5-12(14-9)13-8-11-10(15-2)6-7-16-11/h3-7H,8H2,1-2H3,(H,13,14). The molecular weight excluding hydrogens is 220 g/mol. The molecule has 0 aliphatic carbocycles. The Hall–Kier alpha value is -1.55. The van der Waals surface area contributed by atoms with E-state index in [-0.39, 0.29) is 0 Å². The maximum Gasteiger partial charge on any atom is 0.134 e. The van der Waals surface area contributed by atoms with Crippen LogP contribution in [0.4, 0.5) is 5.82 Å². The molecule has 4 heteroatoms. The predicted molar refractivity (Wildman–Crippen MR) is 67.2 cm³/mol. The van der Waals surface area contributed by atoms with Gasteiger partial charge in [0.05, 0.1) is 18.5 Å². The molecule has 0 saturated carbocycles. The van der Waals surface area contributed by atoms with Crippen LogP contribution in [0.5, 0.6) is 5.75 Å². The average Bonchev–Trinajstić information content (AvgIpc) is 2.74. The number of nitrogens with one attached hydrogen (secondary N) is 1. The second kappa shape index (κ2) is 4.99. The van der Waals surface area contributed by atoms with E-state index in [0.29, 0.717) is 0 Å². The quantitative estimate of drug-likeness (QED) is 0.882. The Balaban J connectivity index is 2.02. The largest absolute Gasteiger partial charge is 0.496 e. The van der Waals surface area contributed by atoms with E-state index in [1.165, 1.54) is 4.88 Å². The second-order valence-corrected chi connectivity index (χ2v) is 4.43. The third kappa shape index (κ3) is 2.52. The van der Waals surface area contributed by atoms with Gasteiger partial charge in [0.1, 0.15) is 11.6 Å². The van der Waals surface area contributed by atoms with Crippen LogP contribution in [0.1, 0.15) is 10.6 Å². The van der Waals surface area contributed by atoms with Gasteiger partial charge in [0.2, 0.25) is 0 Å². The highest BCUT2D eigenvalue weighted by Crippen LogP contribution is 2.24. The van der Waals surface area contributed by atoms with Gasteiger partial charge in [-0.2, -0.15) is 0 Å². The summed E-state index contributed by atoms with van der Waals surface area (Å²) < 4.78 is 5.25. The number of rotatable bonds is 4. The molecule has 2 rings (SSSR count). The predicted octanol–water partition coefficient (Wildman–Crippen LogP) is 3.07. The lowest BCUT2D eigenvalue weighted by Crippen LogP contribution is -2.01. The summed E-state index contributed by atoms with van der Waals surface area (Å²) in [6.45, 7) is 2.73. The van der Waals surface area contributed by atoms with Crippen molar-refractivity contribution >= 4 is 17.2 Å². The SMILES string of the molecule is COc1ccsc1CNc1cccc(C)n1. The summed E-state index contributed by atoms with van der Waals surface area (Å²) in [5.41, 5.74) is 1.02. The van der Waals surface area contributed by atoms with Gasteiger partial charge >= 0.3 is 0 Å². The van der Waals surface area contributed by atoms with E-state index in [1.54, 1.807) is 18.4 Å². The number of methoxy groups -OCH3 is 1. The van der Waals surface area contributed by atoms with Crippen molar-refractivity contribution in [2.75, 3.05) is 12.4 Å². The molecule has 0 aliphatic rings. The molecule has 2 aromatic rings. The molecule has 0 atom stereocenters. The molecule has 3 nitrogen and oxygen atoms in total. The zero-order valence-corrected chi connectivity index (χ0v) is 10.2. The van der Waals surface area contributed by atoms with Gasteiger partial charge in [-0.3, -0.25) is 0 Å². The molecule has 0 radical (unpaired) electrons. The Morgan fingerprint density at radius 3 is 3.00 bits per heavy atom. The molecule has 16 heavy (non-hydrogen) atoms. The Morgan fingerprint density at radius 1 is 1.38 bits per heavy atom. The highest BCUT2D eigenvalue weighted by Gasteiger charge is 2.03. The zero-order valence-electron chi connectivity index (χ0n) is 9.36. The number of nitrogens with zero attached hydrogens (tertiary/aromatic N) is 1. The van der Waals surface area contributed by atoms with E-state index in [2.05, 4.69) is 10.3 Å². The normalized spacial score (nSPS) is 10.1. The lowest BCUT2D eigenvalue weighted by molar-refractivity contribution is 0.413. The Labute approximate surface area is 99.1 Å². The van der Waals surface area contributed by atoms with Crippen LogP contribution in [0.2, 0.25) is 0 Å². The molecule has 0 saturated heterocycles. The van der Waals surface area contributed by atoms with Crippen molar-refractivity contribution in [1.29, 1.82) is 0 Å². The van der Waals surface area contributed by atoms with Crippen LogP contribution in [-0.2, 0) is 6.54 Å². The van der Waals surface area contributed by atoms with Gasteiger partial charge in [-0.1, -0.05) is 6.07 Å². The summed E-state index contributed by atoms with van der Waals surface area (Å²) in [5.74, 6) is 1.83. The monoisotopic (exact) mass is 234 g/mol. The molecule has 0 aromatic carbocycles. The summed E-state index contributed by atoms with van der Waals surface area (Å²) in [6.07, 6.45) is 0. The third-order valence-electron chi connectivity index (χ3n) is 2.24. The lowest BCUT2D eigenvalue weighted by atomic mass is 10.3. The van der Waals surface area contributed by atoms with Crippen LogP contribution in [0.3, 0.4) is 0 Å². The molecule has 0 unspecified atom stereocenters. The van der Waals surface area contributed by atoms with Gasteiger partial charge in [-0.25, -0.2) is 4.98 Å². The van der Waals surface area contributed by atoms with Gasteiger partial charge < -0.3 is 10.1 Å². The zero-order chi connectivity index (χ0) is 11.4. The molecule has 1 N–H and O–H groups in total. The van der Waals surface area contributed by atoms with Crippen LogP contribution in [0.25, 0.3) is 0 Å². The van der Waals surface area contributed by atoms with Crippen LogP contribution < -0.4 is 10.1 Å². The number of hydrogen-bond acceptors (Lipinski definition) is 4. The molecular formula is C12H14N2OS. The number of thiophene rings is 1. The fraction of sp³-hybridized carbons (Fsp3) is 0.250. The minimum atomic E-state index is 0.747. The van der Waals surface area contributed by atoms with E-state index < -0.39 is 0 Å². The number of aryl methyl sites for hydroxylation is 1. The van der Waals surface area contributed by atoms with E-state index in [4.69, 9.17) is 4.74 Å². The number of hydrogen-bond donors (Lipinski definition) is 1. The number of aromatic nitrogens is 1. The third-order valence-corrected chi connectivity index (χ3v) is 3.15. The van der Waals surface area contributed by atoms with E-state index in [0.717, 1.165) is 23.8 Å². The summed E-state index contributed by atoms with van der Waals surface area (Å²) in [6, 6.07) is 7.92. The maximum absolute atomic E-state index is 5.25. The van der Waals surface area contributed by atoms with Crippen LogP contribution in [-0.4, -0.2) is 12.1 Å². The van der Waals surface area contributed by atoms with Gasteiger partial charge in [0.15, 0.2) is 0 Å². The minimum absolute atomic E-state index is 0.747. The summed E-state index contributed by atoms with van der Waals surface area (Å²) in [4.78, 5) is 5.57. The van der Waals surface area contributed by atoms with Gasteiger partial charge in [0.25, 0.3) is 0 Å². The lowest BCUT2D eigenvalue weighted by Gasteiger charge is -2.06. The van der Waals surface area contributed by atoms with Gasteiger partial charge in [-0.15, -0.1) is 11.3 Å². The molecule has 0 fully saturated rings. The first-order valence-corrected chi connectivity index (χ1v) is 5.95. The fourth-order valence-corrected chi connectivity index (χ4v) is 2.23. The van der Waals surface area contributed by atoms with Crippen molar-refractivity contribution in [3.8, 4) is 5.75 Å². The summed E-state index contributed by atoms with van der Waals surface area (Å²) in [5, 5.41) is 5.31. The van der Waals surface area contributed by atoms with Crippen molar-refractivity contribution in [2.24, 2.45) is 0 Å². The van der Waals surface area contributed by atoms with Crippen LogP contribution in [0.15, 0.2) is 29.6 Å². The van der Waals surface area contributed by atoms with Crippen LogP contribution >= 0.6 is 11.3 Å². The van der Waals surface area contributed by atoms with Crippen molar-refractivity contribution in [3.05, 3.63) is 40.2 Å². The van der Waals surface area contributed by atoms with Crippen molar-refractivity contribution in [3.63, 3.8) is 0 Å². The highest BCUT2D eigenvalue weighted by molar-refractivity contribution is 7.10. The van der Waals surface area contributed by atoms with E-state index >= 15 is 0 Å². The first kappa shape index (κ1) is 11.0. The van der Waals surface area contributed by atoms with E-state index in [1.807, 2.05) is 36.6 Å². The summed E-state index contributed by atoms with van der Waals surface area (Å²) >= 11 is 1.68. The van der Waals surface area contributed by atoms with Crippen LogP contribution in [0, 0.1) is 6.92 Å². The Morgan fingerprint density at radius 2 is 2.25 bits per heavy atom. The Bertz CT molecular complexity index is 468. The highest BCUT2D eigenvalue weighted by atomic mass is 32.1. The van der Waals surface area contributed by atoms with Gasteiger partial charge in [0, 0.05) is 5.69 Å². The molecule has 0 spiro atoms. The number of ether oxygens (including phenoxy) is 1. The second-order valence-electron chi connectivity index (χ2n) is 3.43. The maximum atomic E-state index is 5.25. The molecule has 0 bridgehead atoms. The average molecular weight is 234 g/mol. The topological polar surface area (TPSA) is 34.1 Å². The number of anilines is 1. The molecule has 0 amide bonds. The molecule has 84 valence electrons. The van der Waals surface area contributed by atoms with E-state index in [9.17, 15) is 0 Å². The van der Waals surface area contributed by atoms with Crippen molar-refractivity contribution < 1.29 is 4.74 Å². The molecule has 0 aliphatic heterocycles. The van der Waals surface area contributed by atoms with Crippen molar-refractivity contribution in [2.45, 2.75) is 13.5 Å². The van der Waals surface area contributed by atoms with Gasteiger partial charge in [-0.05, 0) is 30.5 Å². The minimum Gasteiger partial charge on any atom is -0.496 e. The Kier molecular flexibility index (Phi) is 3.41. The molecule has 2 aromatic heterocycles. The fourth-order valence-electron chi connectivity index (χ4n) is 1.45. The molecule has 2 heterocycles. The van der Waals surface area contributed by atoms with Crippen molar-refractivity contribution in [1.82, 2.24) is 4.98 Å². The first-order valence-electron chi connectivity index (χ1n) is 5.07. The smallest absolute Gasteiger partial charge is 0.134 e.